The fraction of sp³-hybridized carbons (Fsp3) is 0.250. The van der Waals surface area contributed by atoms with Crippen molar-refractivity contribution in [1.82, 2.24) is 4.90 Å². The fourth-order valence-electron chi connectivity index (χ4n) is 3.13. The molecule has 0 bridgehead atoms. The predicted molar refractivity (Wildman–Crippen MR) is 107 cm³/mol. The maximum absolute atomic E-state index is 12.3. The standard InChI is InChI=1S/C20H20N4O2S/c1-4-13-6-5-12(10-21)7-14(13)15-8-17(27-16(15)11-25)20(2)9-18(26)24(3)19(22)23-20/h4-8,25H,1,9,11H2,2-3H3,(H2,22,23)/t20-/m0/s1. The number of aliphatic hydroxyl groups is 1. The normalized spacial score (nSPS) is 19.6. The van der Waals surface area contributed by atoms with Gasteiger partial charge in [-0.25, -0.2) is 4.99 Å². The van der Waals surface area contributed by atoms with Gasteiger partial charge in [-0.15, -0.1) is 11.3 Å². The maximum Gasteiger partial charge on any atom is 0.231 e. The van der Waals surface area contributed by atoms with Crippen LogP contribution in [0.1, 0.15) is 34.2 Å². The molecule has 1 aromatic heterocycles. The SMILES string of the molecule is C=Cc1ccc(C#N)cc1-c1cc([C@]2(C)CC(=O)N(C)C(N)=N2)sc1CO. The molecule has 0 radical (unpaired) electrons. The summed E-state index contributed by atoms with van der Waals surface area (Å²) in [5, 5.41) is 19.1. The van der Waals surface area contributed by atoms with E-state index in [1.807, 2.05) is 19.1 Å². The van der Waals surface area contributed by atoms with Gasteiger partial charge >= 0.3 is 0 Å². The number of thiophene rings is 1. The first-order valence-corrected chi connectivity index (χ1v) is 9.17. The predicted octanol–water partition coefficient (Wildman–Crippen LogP) is 2.81. The van der Waals surface area contributed by atoms with E-state index < -0.39 is 5.54 Å². The zero-order chi connectivity index (χ0) is 19.8. The van der Waals surface area contributed by atoms with E-state index in [-0.39, 0.29) is 24.9 Å². The number of amides is 1. The van der Waals surface area contributed by atoms with Crippen LogP contribution >= 0.6 is 11.3 Å². The molecule has 3 rings (SSSR count). The van der Waals surface area contributed by atoms with Gasteiger partial charge in [0.25, 0.3) is 0 Å². The molecule has 138 valence electrons. The van der Waals surface area contributed by atoms with E-state index >= 15 is 0 Å². The van der Waals surface area contributed by atoms with Crippen LogP contribution in [0.3, 0.4) is 0 Å². The lowest BCUT2D eigenvalue weighted by molar-refractivity contribution is -0.128. The Morgan fingerprint density at radius 3 is 2.81 bits per heavy atom. The highest BCUT2D eigenvalue weighted by atomic mass is 32.1. The Kier molecular flexibility index (Phi) is 4.87. The maximum atomic E-state index is 12.3. The van der Waals surface area contributed by atoms with E-state index in [0.29, 0.717) is 5.56 Å². The van der Waals surface area contributed by atoms with Gasteiger partial charge in [-0.05, 0) is 41.8 Å². The Morgan fingerprint density at radius 2 is 2.22 bits per heavy atom. The van der Waals surface area contributed by atoms with Gasteiger partial charge in [-0.1, -0.05) is 18.7 Å². The lowest BCUT2D eigenvalue weighted by Gasteiger charge is -2.32. The van der Waals surface area contributed by atoms with Crippen LogP contribution in [0.4, 0.5) is 0 Å². The van der Waals surface area contributed by atoms with Crippen LogP contribution in [-0.4, -0.2) is 28.9 Å². The lowest BCUT2D eigenvalue weighted by Crippen LogP contribution is -2.47. The minimum absolute atomic E-state index is 0.108. The Morgan fingerprint density at radius 1 is 1.48 bits per heavy atom. The van der Waals surface area contributed by atoms with Crippen molar-refractivity contribution in [2.24, 2.45) is 10.7 Å². The molecule has 1 aliphatic heterocycles. The number of aliphatic hydroxyl groups excluding tert-OH is 1. The zero-order valence-corrected chi connectivity index (χ0v) is 16.0. The Balaban J connectivity index is 2.17. The van der Waals surface area contributed by atoms with Crippen molar-refractivity contribution in [2.75, 3.05) is 7.05 Å². The summed E-state index contributed by atoms with van der Waals surface area (Å²) in [5.41, 5.74) is 8.14. The third kappa shape index (κ3) is 3.25. The molecule has 0 spiro atoms. The third-order valence-electron chi connectivity index (χ3n) is 4.75. The van der Waals surface area contributed by atoms with Crippen molar-refractivity contribution in [1.29, 1.82) is 5.26 Å². The van der Waals surface area contributed by atoms with Crippen molar-refractivity contribution in [3.05, 3.63) is 51.7 Å². The second-order valence-electron chi connectivity index (χ2n) is 6.60. The van der Waals surface area contributed by atoms with Crippen molar-refractivity contribution in [3.63, 3.8) is 0 Å². The molecule has 0 unspecified atom stereocenters. The molecular formula is C20H20N4O2S. The molecule has 1 atom stereocenters. The first kappa shape index (κ1) is 18.8. The number of aliphatic imine (C=N–C) groups is 1. The molecule has 3 N–H and O–H groups in total. The number of hydrogen-bond donors (Lipinski definition) is 2. The number of nitrogens with zero attached hydrogens (tertiary/aromatic N) is 3. The van der Waals surface area contributed by atoms with E-state index in [4.69, 9.17) is 5.73 Å². The molecule has 0 saturated heterocycles. The number of guanidine groups is 1. The summed E-state index contributed by atoms with van der Waals surface area (Å²) >= 11 is 1.40. The largest absolute Gasteiger partial charge is 0.391 e. The lowest BCUT2D eigenvalue weighted by atomic mass is 9.91. The van der Waals surface area contributed by atoms with Gasteiger partial charge in [0.1, 0.15) is 5.54 Å². The van der Waals surface area contributed by atoms with Crippen LogP contribution < -0.4 is 5.73 Å². The van der Waals surface area contributed by atoms with Gasteiger partial charge in [0, 0.05) is 16.8 Å². The minimum atomic E-state index is -0.790. The molecule has 0 saturated carbocycles. The molecule has 0 aliphatic carbocycles. The molecule has 1 amide bonds. The summed E-state index contributed by atoms with van der Waals surface area (Å²) < 4.78 is 0. The minimum Gasteiger partial charge on any atom is -0.391 e. The first-order chi connectivity index (χ1) is 12.8. The summed E-state index contributed by atoms with van der Waals surface area (Å²) in [6.45, 7) is 5.54. The molecule has 1 aliphatic rings. The van der Waals surface area contributed by atoms with Crippen LogP contribution in [0.25, 0.3) is 17.2 Å². The Bertz CT molecular complexity index is 1000. The van der Waals surface area contributed by atoms with Crippen molar-refractivity contribution < 1.29 is 9.90 Å². The number of benzene rings is 1. The monoisotopic (exact) mass is 380 g/mol. The zero-order valence-electron chi connectivity index (χ0n) is 15.2. The number of carbonyl (C=O) groups excluding carboxylic acids is 1. The van der Waals surface area contributed by atoms with Gasteiger partial charge in [-0.2, -0.15) is 5.26 Å². The van der Waals surface area contributed by atoms with Gasteiger partial charge < -0.3 is 10.8 Å². The first-order valence-electron chi connectivity index (χ1n) is 8.36. The third-order valence-corrected chi connectivity index (χ3v) is 6.12. The highest BCUT2D eigenvalue weighted by Crippen LogP contribution is 2.43. The fourth-order valence-corrected chi connectivity index (χ4v) is 4.25. The second kappa shape index (κ2) is 6.99. The van der Waals surface area contributed by atoms with E-state index in [0.717, 1.165) is 26.4 Å². The average Bonchev–Trinajstić information content (AvgIpc) is 3.10. The van der Waals surface area contributed by atoms with Gasteiger partial charge in [-0.3, -0.25) is 9.69 Å². The van der Waals surface area contributed by atoms with Crippen molar-refractivity contribution >= 4 is 29.3 Å². The summed E-state index contributed by atoms with van der Waals surface area (Å²) in [6, 6.07) is 9.40. The molecule has 7 heteroatoms. The van der Waals surface area contributed by atoms with E-state index in [2.05, 4.69) is 17.6 Å². The molecule has 27 heavy (non-hydrogen) atoms. The molecule has 2 aromatic rings. The smallest absolute Gasteiger partial charge is 0.231 e. The van der Waals surface area contributed by atoms with Crippen LogP contribution in [0, 0.1) is 11.3 Å². The van der Waals surface area contributed by atoms with Crippen LogP contribution in [0.15, 0.2) is 35.8 Å². The topological polar surface area (TPSA) is 103 Å². The van der Waals surface area contributed by atoms with Gasteiger partial charge in [0.05, 0.1) is 24.7 Å². The summed E-state index contributed by atoms with van der Waals surface area (Å²) in [6.07, 6.45) is 1.91. The molecule has 2 heterocycles. The van der Waals surface area contributed by atoms with Crippen LogP contribution in [-0.2, 0) is 16.9 Å². The summed E-state index contributed by atoms with van der Waals surface area (Å²) in [4.78, 5) is 19.7. The number of rotatable bonds is 4. The molecule has 0 fully saturated rings. The highest BCUT2D eigenvalue weighted by Gasteiger charge is 2.38. The Hall–Kier alpha value is -2.95. The number of nitrogens with two attached hydrogens (primary N) is 1. The van der Waals surface area contributed by atoms with Crippen LogP contribution in [0.2, 0.25) is 0 Å². The van der Waals surface area contributed by atoms with E-state index in [1.54, 1.807) is 25.3 Å². The number of hydrogen-bond acceptors (Lipinski definition) is 6. The van der Waals surface area contributed by atoms with Crippen molar-refractivity contribution in [3.8, 4) is 17.2 Å². The van der Waals surface area contributed by atoms with Crippen molar-refractivity contribution in [2.45, 2.75) is 25.5 Å². The van der Waals surface area contributed by atoms with E-state index in [1.165, 1.54) is 16.2 Å². The van der Waals surface area contributed by atoms with Gasteiger partial charge in [0.15, 0.2) is 5.96 Å². The molecule has 6 nitrogen and oxygen atoms in total. The van der Waals surface area contributed by atoms with Crippen LogP contribution in [0.5, 0.6) is 0 Å². The summed E-state index contributed by atoms with van der Waals surface area (Å²) in [5.74, 6) is 0.0660. The van der Waals surface area contributed by atoms with Gasteiger partial charge in [0.2, 0.25) is 5.91 Å². The molecular weight excluding hydrogens is 360 g/mol. The number of carbonyl (C=O) groups is 1. The quantitative estimate of drug-likeness (QED) is 0.851. The number of nitriles is 1. The highest BCUT2D eigenvalue weighted by molar-refractivity contribution is 7.12. The van der Waals surface area contributed by atoms with E-state index in [9.17, 15) is 15.2 Å². The Labute approximate surface area is 161 Å². The summed E-state index contributed by atoms with van der Waals surface area (Å²) in [7, 11) is 1.60. The molecule has 1 aromatic carbocycles. The average molecular weight is 380 g/mol. The second-order valence-corrected chi connectivity index (χ2v) is 7.73.